The second kappa shape index (κ2) is 6.16. The van der Waals surface area contributed by atoms with E-state index < -0.39 is 0 Å². The Morgan fingerprint density at radius 3 is 2.74 bits per heavy atom. The number of fused-ring (bicyclic) bond motifs is 1. The van der Waals surface area contributed by atoms with Crippen LogP contribution in [0, 0.1) is 13.8 Å². The standard InChI is InChI=1S/C19H19NO3/c1-12-4-7-17(13(2)8-12)20-19(21)9-14-11-23-18-10-15(22-3)5-6-16(14)18/h4-8,10-11H,9H2,1-3H3,(H,20,21). The van der Waals surface area contributed by atoms with Gasteiger partial charge in [0.2, 0.25) is 5.91 Å². The number of carbonyl (C=O) groups excluding carboxylic acids is 1. The van der Waals surface area contributed by atoms with Crippen molar-refractivity contribution in [2.45, 2.75) is 20.3 Å². The van der Waals surface area contributed by atoms with Crippen LogP contribution < -0.4 is 10.1 Å². The van der Waals surface area contributed by atoms with E-state index in [-0.39, 0.29) is 12.3 Å². The van der Waals surface area contributed by atoms with Crippen LogP contribution >= 0.6 is 0 Å². The summed E-state index contributed by atoms with van der Waals surface area (Å²) in [5.41, 5.74) is 4.66. The van der Waals surface area contributed by atoms with Gasteiger partial charge in [-0.1, -0.05) is 17.7 Å². The van der Waals surface area contributed by atoms with Crippen LogP contribution in [0.2, 0.25) is 0 Å². The summed E-state index contributed by atoms with van der Waals surface area (Å²) in [6.07, 6.45) is 1.90. The molecular weight excluding hydrogens is 290 g/mol. The van der Waals surface area contributed by atoms with Crippen molar-refractivity contribution in [2.24, 2.45) is 0 Å². The summed E-state index contributed by atoms with van der Waals surface area (Å²) in [7, 11) is 1.61. The summed E-state index contributed by atoms with van der Waals surface area (Å²) in [5, 5.41) is 3.89. The molecule has 0 aliphatic rings. The van der Waals surface area contributed by atoms with Gasteiger partial charge < -0.3 is 14.5 Å². The maximum atomic E-state index is 12.3. The van der Waals surface area contributed by atoms with Gasteiger partial charge in [0.05, 0.1) is 19.8 Å². The molecule has 23 heavy (non-hydrogen) atoms. The molecule has 0 fully saturated rings. The molecule has 0 saturated heterocycles. The van der Waals surface area contributed by atoms with Gasteiger partial charge in [-0.3, -0.25) is 4.79 Å². The van der Waals surface area contributed by atoms with Crippen molar-refractivity contribution >= 4 is 22.6 Å². The van der Waals surface area contributed by atoms with Crippen molar-refractivity contribution in [1.29, 1.82) is 0 Å². The summed E-state index contributed by atoms with van der Waals surface area (Å²) in [4.78, 5) is 12.3. The molecule has 0 spiro atoms. The first-order valence-corrected chi connectivity index (χ1v) is 7.48. The van der Waals surface area contributed by atoms with Gasteiger partial charge in [0.1, 0.15) is 11.3 Å². The van der Waals surface area contributed by atoms with Crippen LogP contribution in [-0.4, -0.2) is 13.0 Å². The lowest BCUT2D eigenvalue weighted by atomic mass is 10.1. The van der Waals surface area contributed by atoms with Gasteiger partial charge in [-0.25, -0.2) is 0 Å². The average molecular weight is 309 g/mol. The fourth-order valence-corrected chi connectivity index (χ4v) is 2.65. The number of ether oxygens (including phenoxy) is 1. The largest absolute Gasteiger partial charge is 0.497 e. The molecule has 4 nitrogen and oxygen atoms in total. The minimum Gasteiger partial charge on any atom is -0.497 e. The molecule has 1 amide bonds. The highest BCUT2D eigenvalue weighted by molar-refractivity contribution is 5.96. The van der Waals surface area contributed by atoms with E-state index in [0.29, 0.717) is 0 Å². The lowest BCUT2D eigenvalue weighted by molar-refractivity contribution is -0.115. The summed E-state index contributed by atoms with van der Waals surface area (Å²) < 4.78 is 10.7. The molecule has 4 heteroatoms. The van der Waals surface area contributed by atoms with Gasteiger partial charge >= 0.3 is 0 Å². The smallest absolute Gasteiger partial charge is 0.228 e. The molecule has 0 saturated carbocycles. The second-order valence-electron chi connectivity index (χ2n) is 5.67. The molecule has 0 atom stereocenters. The van der Waals surface area contributed by atoms with Gasteiger partial charge in [-0.15, -0.1) is 0 Å². The quantitative estimate of drug-likeness (QED) is 0.784. The molecule has 1 N–H and O–H groups in total. The van der Waals surface area contributed by atoms with Crippen LogP contribution in [0.15, 0.2) is 47.1 Å². The van der Waals surface area contributed by atoms with Crippen molar-refractivity contribution in [2.75, 3.05) is 12.4 Å². The third-order valence-corrected chi connectivity index (χ3v) is 3.87. The van der Waals surface area contributed by atoms with E-state index in [4.69, 9.17) is 9.15 Å². The van der Waals surface area contributed by atoms with Crippen molar-refractivity contribution in [3.8, 4) is 5.75 Å². The Balaban J connectivity index is 1.77. The van der Waals surface area contributed by atoms with Gasteiger partial charge in [0.25, 0.3) is 0 Å². The Morgan fingerprint density at radius 1 is 1.17 bits per heavy atom. The van der Waals surface area contributed by atoms with Gasteiger partial charge in [-0.05, 0) is 37.6 Å². The third-order valence-electron chi connectivity index (χ3n) is 3.87. The minimum absolute atomic E-state index is 0.0597. The number of aryl methyl sites for hydroxylation is 2. The molecule has 2 aromatic carbocycles. The fraction of sp³-hybridized carbons (Fsp3) is 0.211. The molecule has 3 rings (SSSR count). The highest BCUT2D eigenvalue weighted by atomic mass is 16.5. The zero-order valence-electron chi connectivity index (χ0n) is 13.5. The number of hydrogen-bond acceptors (Lipinski definition) is 3. The van der Waals surface area contributed by atoms with E-state index in [9.17, 15) is 4.79 Å². The first-order chi connectivity index (χ1) is 11.1. The summed E-state index contributed by atoms with van der Waals surface area (Å²) >= 11 is 0. The molecular formula is C19H19NO3. The Morgan fingerprint density at radius 2 is 2.00 bits per heavy atom. The number of methoxy groups -OCH3 is 1. The van der Waals surface area contributed by atoms with Crippen LogP contribution in [0.25, 0.3) is 11.0 Å². The average Bonchev–Trinajstić information content (AvgIpc) is 2.92. The number of rotatable bonds is 4. The molecule has 0 radical (unpaired) electrons. The van der Waals surface area contributed by atoms with Crippen molar-refractivity contribution in [3.63, 3.8) is 0 Å². The van der Waals surface area contributed by atoms with Gasteiger partial charge in [-0.2, -0.15) is 0 Å². The first kappa shape index (κ1) is 15.2. The SMILES string of the molecule is COc1ccc2c(CC(=O)Nc3ccc(C)cc3C)coc2c1. The Bertz CT molecular complexity index is 864. The topological polar surface area (TPSA) is 51.5 Å². The zero-order chi connectivity index (χ0) is 16.4. The second-order valence-corrected chi connectivity index (χ2v) is 5.67. The van der Waals surface area contributed by atoms with Crippen LogP contribution in [0.3, 0.4) is 0 Å². The molecule has 1 heterocycles. The van der Waals surface area contributed by atoms with Crippen molar-refractivity contribution in [1.82, 2.24) is 0 Å². The number of carbonyl (C=O) groups is 1. The zero-order valence-corrected chi connectivity index (χ0v) is 13.5. The highest BCUT2D eigenvalue weighted by Gasteiger charge is 2.12. The Kier molecular flexibility index (Phi) is 4.06. The lowest BCUT2D eigenvalue weighted by Gasteiger charge is -2.08. The van der Waals surface area contributed by atoms with Crippen LogP contribution in [0.5, 0.6) is 5.75 Å². The van der Waals surface area contributed by atoms with Crippen LogP contribution in [0.4, 0.5) is 5.69 Å². The van der Waals surface area contributed by atoms with Crippen LogP contribution in [0.1, 0.15) is 16.7 Å². The maximum Gasteiger partial charge on any atom is 0.228 e. The summed E-state index contributed by atoms with van der Waals surface area (Å²) in [6, 6.07) is 11.6. The summed E-state index contributed by atoms with van der Waals surface area (Å²) in [5.74, 6) is 0.675. The van der Waals surface area contributed by atoms with Crippen molar-refractivity contribution in [3.05, 3.63) is 59.4 Å². The van der Waals surface area contributed by atoms with E-state index in [1.165, 1.54) is 5.56 Å². The van der Waals surface area contributed by atoms with Crippen LogP contribution in [-0.2, 0) is 11.2 Å². The Hall–Kier alpha value is -2.75. The molecule has 1 aromatic heterocycles. The number of anilines is 1. The van der Waals surface area contributed by atoms with Crippen molar-refractivity contribution < 1.29 is 13.9 Å². The van der Waals surface area contributed by atoms with E-state index in [2.05, 4.69) is 11.4 Å². The van der Waals surface area contributed by atoms with E-state index in [1.54, 1.807) is 13.4 Å². The monoisotopic (exact) mass is 309 g/mol. The van der Waals surface area contributed by atoms with Gasteiger partial charge in [0.15, 0.2) is 0 Å². The Labute approximate surface area is 135 Å². The first-order valence-electron chi connectivity index (χ1n) is 7.48. The number of furan rings is 1. The van der Waals surface area contributed by atoms with Gasteiger partial charge in [0, 0.05) is 22.7 Å². The number of hydrogen-bond donors (Lipinski definition) is 1. The third kappa shape index (κ3) is 3.21. The number of amides is 1. The molecule has 0 aliphatic carbocycles. The molecule has 0 unspecified atom stereocenters. The molecule has 118 valence electrons. The highest BCUT2D eigenvalue weighted by Crippen LogP contribution is 2.26. The molecule has 3 aromatic rings. The minimum atomic E-state index is -0.0597. The normalized spacial score (nSPS) is 10.7. The molecule has 0 aliphatic heterocycles. The predicted octanol–water partition coefficient (Wildman–Crippen LogP) is 4.24. The molecule has 0 bridgehead atoms. The predicted molar refractivity (Wildman–Crippen MR) is 91.0 cm³/mol. The van der Waals surface area contributed by atoms with E-state index in [1.807, 2.05) is 44.2 Å². The number of benzene rings is 2. The van der Waals surface area contributed by atoms with E-state index >= 15 is 0 Å². The fourth-order valence-electron chi connectivity index (χ4n) is 2.65. The maximum absolute atomic E-state index is 12.3. The van der Waals surface area contributed by atoms with E-state index in [0.717, 1.165) is 33.5 Å². The lowest BCUT2D eigenvalue weighted by Crippen LogP contribution is -2.15. The summed E-state index contributed by atoms with van der Waals surface area (Å²) in [6.45, 7) is 4.02. The number of nitrogens with one attached hydrogen (secondary N) is 1.